The molecule has 0 amide bonds. The molecule has 0 spiro atoms. The van der Waals surface area contributed by atoms with Crippen LogP contribution in [0.3, 0.4) is 0 Å². The largest absolute Gasteiger partial charge is 0.383 e. The summed E-state index contributed by atoms with van der Waals surface area (Å²) in [5.41, 5.74) is 2.31. The summed E-state index contributed by atoms with van der Waals surface area (Å²) in [6.45, 7) is 12.2. The van der Waals surface area contributed by atoms with Gasteiger partial charge in [0.1, 0.15) is 5.82 Å². The lowest BCUT2D eigenvalue weighted by molar-refractivity contribution is 0.205. The highest BCUT2D eigenvalue weighted by molar-refractivity contribution is 5.43. The van der Waals surface area contributed by atoms with Gasteiger partial charge in [0, 0.05) is 32.4 Å². The molecule has 0 saturated carbocycles. The monoisotopic (exact) mass is 277 g/mol. The van der Waals surface area contributed by atoms with E-state index in [-0.39, 0.29) is 0 Å². The highest BCUT2D eigenvalue weighted by atomic mass is 16.5. The first-order valence-corrected chi connectivity index (χ1v) is 7.24. The maximum absolute atomic E-state index is 5.16. The van der Waals surface area contributed by atoms with Gasteiger partial charge in [0.2, 0.25) is 0 Å². The van der Waals surface area contributed by atoms with Crippen molar-refractivity contribution in [3.05, 3.63) is 36.0 Å². The topological polar surface area (TPSA) is 37.4 Å². The Bertz CT molecular complexity index is 407. The summed E-state index contributed by atoms with van der Waals surface area (Å²) in [6, 6.07) is 4.28. The molecule has 112 valence electrons. The molecule has 1 N–H and O–H groups in total. The zero-order chi connectivity index (χ0) is 14.8. The Labute approximate surface area is 122 Å². The van der Waals surface area contributed by atoms with Crippen LogP contribution in [0.2, 0.25) is 0 Å². The lowest BCUT2D eigenvalue weighted by Gasteiger charge is -2.23. The van der Waals surface area contributed by atoms with E-state index in [1.54, 1.807) is 7.11 Å². The third kappa shape index (κ3) is 5.72. The molecule has 0 bridgehead atoms. The number of nitrogens with zero attached hydrogens (tertiary/aromatic N) is 2. The zero-order valence-corrected chi connectivity index (χ0v) is 13.0. The molecule has 1 heterocycles. The minimum atomic E-state index is 0.687. The molecular formula is C16H27N3O. The van der Waals surface area contributed by atoms with Crippen molar-refractivity contribution in [3.63, 3.8) is 0 Å². The van der Waals surface area contributed by atoms with Gasteiger partial charge in [-0.25, -0.2) is 4.98 Å². The number of rotatable bonds is 10. The molecular weight excluding hydrogens is 250 g/mol. The summed E-state index contributed by atoms with van der Waals surface area (Å²) in [5, 5.41) is 3.43. The Morgan fingerprint density at radius 3 is 2.90 bits per heavy atom. The lowest BCUT2D eigenvalue weighted by atomic mass is 10.2. The average molecular weight is 277 g/mol. The second kappa shape index (κ2) is 9.50. The van der Waals surface area contributed by atoms with E-state index in [1.165, 1.54) is 5.56 Å². The van der Waals surface area contributed by atoms with Gasteiger partial charge in [0.05, 0.1) is 6.61 Å². The van der Waals surface area contributed by atoms with E-state index in [1.807, 2.05) is 13.0 Å². The van der Waals surface area contributed by atoms with Gasteiger partial charge in [-0.15, -0.1) is 6.58 Å². The third-order valence-electron chi connectivity index (χ3n) is 2.99. The number of aryl methyl sites for hydroxylation is 1. The first-order valence-electron chi connectivity index (χ1n) is 7.24. The van der Waals surface area contributed by atoms with Gasteiger partial charge in [-0.05, 0) is 37.6 Å². The Balaban J connectivity index is 2.81. The molecule has 0 saturated heterocycles. The minimum absolute atomic E-state index is 0.687. The van der Waals surface area contributed by atoms with Crippen LogP contribution in [0.5, 0.6) is 0 Å². The van der Waals surface area contributed by atoms with E-state index < -0.39 is 0 Å². The molecule has 4 nitrogen and oxygen atoms in total. The summed E-state index contributed by atoms with van der Waals surface area (Å²) in [6.07, 6.45) is 3.04. The summed E-state index contributed by atoms with van der Waals surface area (Å²) in [4.78, 5) is 6.82. The normalized spacial score (nSPS) is 10.6. The smallest absolute Gasteiger partial charge is 0.129 e. The molecule has 0 aromatic carbocycles. The van der Waals surface area contributed by atoms with E-state index in [4.69, 9.17) is 4.74 Å². The van der Waals surface area contributed by atoms with Crippen LogP contribution < -0.4 is 10.2 Å². The van der Waals surface area contributed by atoms with E-state index in [9.17, 15) is 0 Å². The predicted octanol–water partition coefficient (Wildman–Crippen LogP) is 2.53. The number of anilines is 1. The summed E-state index contributed by atoms with van der Waals surface area (Å²) >= 11 is 0. The van der Waals surface area contributed by atoms with Gasteiger partial charge >= 0.3 is 0 Å². The van der Waals surface area contributed by atoms with Gasteiger partial charge in [-0.1, -0.05) is 13.0 Å². The molecule has 4 heteroatoms. The summed E-state index contributed by atoms with van der Waals surface area (Å²) < 4.78 is 5.16. The number of nitrogens with one attached hydrogen (secondary N) is 1. The number of pyridine rings is 1. The highest BCUT2D eigenvalue weighted by Gasteiger charge is 2.08. The molecule has 0 atom stereocenters. The van der Waals surface area contributed by atoms with Gasteiger partial charge in [-0.3, -0.25) is 0 Å². The van der Waals surface area contributed by atoms with Crippen molar-refractivity contribution in [2.75, 3.05) is 38.3 Å². The van der Waals surface area contributed by atoms with Crippen LogP contribution in [-0.2, 0) is 11.3 Å². The van der Waals surface area contributed by atoms with Gasteiger partial charge < -0.3 is 15.0 Å². The fraction of sp³-hybridized carbons (Fsp3) is 0.562. The first-order chi connectivity index (χ1) is 9.71. The second-order valence-electron chi connectivity index (χ2n) is 4.88. The van der Waals surface area contributed by atoms with Crippen molar-refractivity contribution >= 4 is 5.82 Å². The molecule has 0 aliphatic carbocycles. The van der Waals surface area contributed by atoms with Crippen molar-refractivity contribution in [1.82, 2.24) is 10.3 Å². The molecule has 0 aliphatic rings. The van der Waals surface area contributed by atoms with E-state index in [0.717, 1.165) is 44.1 Å². The molecule has 0 radical (unpaired) electrons. The molecule has 0 unspecified atom stereocenters. The first kappa shape index (κ1) is 16.7. The quantitative estimate of drug-likeness (QED) is 0.527. The van der Waals surface area contributed by atoms with Gasteiger partial charge in [0.15, 0.2) is 0 Å². The van der Waals surface area contributed by atoms with Crippen LogP contribution in [0.25, 0.3) is 0 Å². The van der Waals surface area contributed by atoms with Crippen LogP contribution in [0.1, 0.15) is 24.6 Å². The molecule has 1 aromatic rings. The Hall–Kier alpha value is -1.39. The number of hydrogen-bond acceptors (Lipinski definition) is 4. The van der Waals surface area contributed by atoms with Crippen LogP contribution in [0, 0.1) is 6.92 Å². The Morgan fingerprint density at radius 2 is 2.25 bits per heavy atom. The third-order valence-corrected chi connectivity index (χ3v) is 2.99. The lowest BCUT2D eigenvalue weighted by Crippen LogP contribution is -2.28. The molecule has 0 aliphatic heterocycles. The van der Waals surface area contributed by atoms with Gasteiger partial charge in [0.25, 0.3) is 0 Å². The zero-order valence-electron chi connectivity index (χ0n) is 13.0. The Kier molecular flexibility index (Phi) is 7.92. The van der Waals surface area contributed by atoms with Crippen LogP contribution in [0.4, 0.5) is 5.82 Å². The van der Waals surface area contributed by atoms with Crippen molar-refractivity contribution < 1.29 is 4.74 Å². The fourth-order valence-corrected chi connectivity index (χ4v) is 2.05. The van der Waals surface area contributed by atoms with Crippen LogP contribution in [0.15, 0.2) is 24.8 Å². The van der Waals surface area contributed by atoms with Crippen LogP contribution in [-0.4, -0.2) is 38.3 Å². The van der Waals surface area contributed by atoms with Crippen molar-refractivity contribution in [1.29, 1.82) is 0 Å². The number of hydrogen-bond donors (Lipinski definition) is 1. The van der Waals surface area contributed by atoms with E-state index >= 15 is 0 Å². The molecule has 20 heavy (non-hydrogen) atoms. The molecule has 1 aromatic heterocycles. The van der Waals surface area contributed by atoms with E-state index in [2.05, 4.69) is 40.8 Å². The fourth-order valence-electron chi connectivity index (χ4n) is 2.05. The average Bonchev–Trinajstić information content (AvgIpc) is 2.43. The van der Waals surface area contributed by atoms with E-state index in [0.29, 0.717) is 6.61 Å². The van der Waals surface area contributed by atoms with Crippen molar-refractivity contribution in [2.45, 2.75) is 26.8 Å². The maximum Gasteiger partial charge on any atom is 0.129 e. The molecule has 0 fully saturated rings. The minimum Gasteiger partial charge on any atom is -0.383 e. The van der Waals surface area contributed by atoms with Crippen molar-refractivity contribution in [3.8, 4) is 0 Å². The van der Waals surface area contributed by atoms with Gasteiger partial charge in [-0.2, -0.15) is 0 Å². The maximum atomic E-state index is 5.16. The second-order valence-corrected chi connectivity index (χ2v) is 4.88. The standard InChI is InChI=1S/C16H27N3O/c1-5-7-17-13-15-11-14(3)18-16(12-15)19(8-6-2)9-10-20-4/h6,11-12,17H,2,5,7-10,13H2,1,3-4H3. The molecule has 1 rings (SSSR count). The van der Waals surface area contributed by atoms with Crippen molar-refractivity contribution in [2.24, 2.45) is 0 Å². The predicted molar refractivity (Wildman–Crippen MR) is 85.3 cm³/mol. The summed E-state index contributed by atoms with van der Waals surface area (Å²) in [7, 11) is 1.72. The SMILES string of the molecule is C=CCN(CCOC)c1cc(CNCCC)cc(C)n1. The number of ether oxygens (including phenoxy) is 1. The highest BCUT2D eigenvalue weighted by Crippen LogP contribution is 2.15. The number of methoxy groups -OCH3 is 1. The number of aromatic nitrogens is 1. The van der Waals surface area contributed by atoms with Crippen LogP contribution >= 0.6 is 0 Å². The summed E-state index contributed by atoms with van der Waals surface area (Å²) in [5.74, 6) is 0.996. The Morgan fingerprint density at radius 1 is 1.45 bits per heavy atom.